The largest absolute Gasteiger partial charge is 0.379 e. The lowest BCUT2D eigenvalue weighted by atomic mass is 10.1. The number of piperazine rings is 1. The van der Waals surface area contributed by atoms with E-state index >= 15 is 0 Å². The maximum absolute atomic E-state index is 12.8. The van der Waals surface area contributed by atoms with E-state index in [1.165, 1.54) is 5.56 Å². The topological polar surface area (TPSA) is 101 Å². The first-order valence-corrected chi connectivity index (χ1v) is 15.9. The van der Waals surface area contributed by atoms with Crippen LogP contribution in [0.4, 0.5) is 22.0 Å². The fourth-order valence-corrected chi connectivity index (χ4v) is 5.72. The minimum atomic E-state index is -0.317. The summed E-state index contributed by atoms with van der Waals surface area (Å²) >= 11 is 0. The minimum Gasteiger partial charge on any atom is -0.379 e. The molecule has 2 aliphatic rings. The van der Waals surface area contributed by atoms with E-state index in [4.69, 9.17) is 4.74 Å². The third kappa shape index (κ3) is 9.24. The second-order valence-electron chi connectivity index (χ2n) is 11.5. The third-order valence-electron chi connectivity index (χ3n) is 8.22. The van der Waals surface area contributed by atoms with E-state index in [0.29, 0.717) is 24.6 Å². The van der Waals surface area contributed by atoms with Crippen LogP contribution in [0, 0.1) is 0 Å². The van der Waals surface area contributed by atoms with Crippen LogP contribution in [-0.4, -0.2) is 111 Å². The first-order valence-electron chi connectivity index (χ1n) is 15.9. The van der Waals surface area contributed by atoms with Gasteiger partial charge in [0.2, 0.25) is 0 Å². The van der Waals surface area contributed by atoms with Gasteiger partial charge in [-0.15, -0.1) is 0 Å². The molecule has 1 atom stereocenters. The summed E-state index contributed by atoms with van der Waals surface area (Å²) in [5.41, 5.74) is 3.56. The third-order valence-corrected chi connectivity index (χ3v) is 8.22. The quantitative estimate of drug-likeness (QED) is 0.170. The molecular formula is C34H47N9O2. The number of ether oxygens (including phenoxy) is 1. The lowest BCUT2D eigenvalue weighted by molar-refractivity contribution is -0.0425. The Kier molecular flexibility index (Phi) is 11.7. The number of morpholine rings is 1. The molecule has 11 heteroatoms. The fourth-order valence-electron chi connectivity index (χ4n) is 5.72. The van der Waals surface area contributed by atoms with E-state index in [9.17, 15) is 4.79 Å². The van der Waals surface area contributed by atoms with Gasteiger partial charge in [-0.2, -0.15) is 0 Å². The van der Waals surface area contributed by atoms with Gasteiger partial charge in [0.05, 0.1) is 25.1 Å². The number of carbonyl (C=O) groups excluding carboxylic acids is 1. The summed E-state index contributed by atoms with van der Waals surface area (Å²) in [4.78, 5) is 31.4. The first-order chi connectivity index (χ1) is 22.0. The van der Waals surface area contributed by atoms with Gasteiger partial charge in [-0.25, -0.2) is 9.78 Å². The summed E-state index contributed by atoms with van der Waals surface area (Å²) in [6, 6.07) is 21.9. The Hall–Kier alpha value is -4.03. The number of hydrogen-bond acceptors (Lipinski definition) is 8. The zero-order chi connectivity index (χ0) is 31.4. The van der Waals surface area contributed by atoms with Gasteiger partial charge in [0.1, 0.15) is 17.9 Å². The number of nitrogens with one attached hydrogen (secondary N) is 3. The number of aromatic nitrogens is 1. The molecule has 0 aliphatic carbocycles. The molecule has 0 spiro atoms. The number of likely N-dealkylation sites (N-methyl/N-ethyl adjacent to an activating group) is 1. The van der Waals surface area contributed by atoms with E-state index < -0.39 is 0 Å². The molecular weight excluding hydrogens is 566 g/mol. The second kappa shape index (κ2) is 16.3. The van der Waals surface area contributed by atoms with Gasteiger partial charge < -0.3 is 30.5 Å². The number of benzene rings is 2. The number of carbonyl (C=O) groups is 1. The molecule has 3 aromatic rings. The lowest BCUT2D eigenvalue weighted by Gasteiger charge is -2.42. The molecule has 2 saturated heterocycles. The van der Waals surface area contributed by atoms with Crippen LogP contribution in [0.25, 0.3) is 0 Å². The Morgan fingerprint density at radius 1 is 0.933 bits per heavy atom. The number of pyridine rings is 1. The standard InChI is InChI=1S/C34H47N9O2/c1-4-16-43(26-27-8-6-5-7-9-27)34(42-21-23-45-24-22-42)39-32(35-2)28-10-12-29(13-11-28)37-33(44)38-30-14-15-31(36-25-30)41-19-17-40(3)18-20-41/h5-15,25,34H,4,16-24,26H2,1-3H3,(H,35,39)(H2,37,38,44). The Morgan fingerprint density at radius 3 is 2.27 bits per heavy atom. The summed E-state index contributed by atoms with van der Waals surface area (Å²) < 4.78 is 5.68. The highest BCUT2D eigenvalue weighted by atomic mass is 16.5. The van der Waals surface area contributed by atoms with Gasteiger partial charge >= 0.3 is 6.03 Å². The van der Waals surface area contributed by atoms with Gasteiger partial charge in [-0.3, -0.25) is 14.8 Å². The Morgan fingerprint density at radius 2 is 1.62 bits per heavy atom. The predicted molar refractivity (Wildman–Crippen MR) is 182 cm³/mol. The lowest BCUT2D eigenvalue weighted by Crippen LogP contribution is -2.60. The van der Waals surface area contributed by atoms with Gasteiger partial charge in [-0.05, 0) is 55.4 Å². The van der Waals surface area contributed by atoms with Crippen LogP contribution in [-0.2, 0) is 11.3 Å². The second-order valence-corrected chi connectivity index (χ2v) is 11.5. The first kappa shape index (κ1) is 32.4. The number of aliphatic imine (C=N–C) groups is 1. The van der Waals surface area contributed by atoms with Crippen molar-refractivity contribution in [2.45, 2.75) is 26.2 Å². The molecule has 2 aromatic carbocycles. The number of hydrogen-bond donors (Lipinski definition) is 3. The highest BCUT2D eigenvalue weighted by molar-refractivity contribution is 6.01. The average molecular weight is 614 g/mol. The van der Waals surface area contributed by atoms with Gasteiger partial charge in [-0.1, -0.05) is 37.3 Å². The molecule has 2 amide bonds. The molecule has 1 unspecified atom stereocenters. The molecule has 5 rings (SSSR count). The summed E-state index contributed by atoms with van der Waals surface area (Å²) in [6.07, 6.45) is 2.69. The minimum absolute atomic E-state index is 0.0485. The molecule has 3 heterocycles. The number of rotatable bonds is 11. The van der Waals surface area contributed by atoms with E-state index in [2.05, 4.69) is 89.8 Å². The highest BCUT2D eigenvalue weighted by Gasteiger charge is 2.28. The molecule has 2 aliphatic heterocycles. The van der Waals surface area contributed by atoms with Gasteiger partial charge in [0.25, 0.3) is 0 Å². The van der Waals surface area contributed by atoms with Crippen LogP contribution in [0.2, 0.25) is 0 Å². The summed E-state index contributed by atoms with van der Waals surface area (Å²) in [5.74, 6) is 1.73. The highest BCUT2D eigenvalue weighted by Crippen LogP contribution is 2.18. The summed E-state index contributed by atoms with van der Waals surface area (Å²) in [7, 11) is 3.94. The van der Waals surface area contributed by atoms with Crippen LogP contribution >= 0.6 is 0 Å². The Balaban J connectivity index is 1.21. The molecule has 11 nitrogen and oxygen atoms in total. The van der Waals surface area contributed by atoms with E-state index in [0.717, 1.165) is 76.0 Å². The van der Waals surface area contributed by atoms with Crippen molar-refractivity contribution in [3.63, 3.8) is 0 Å². The van der Waals surface area contributed by atoms with Crippen molar-refractivity contribution in [2.75, 3.05) is 88.7 Å². The van der Waals surface area contributed by atoms with E-state index in [1.807, 2.05) is 43.4 Å². The van der Waals surface area contributed by atoms with Crippen LogP contribution < -0.4 is 20.9 Å². The zero-order valence-corrected chi connectivity index (χ0v) is 26.8. The average Bonchev–Trinajstić information content (AvgIpc) is 3.07. The zero-order valence-electron chi connectivity index (χ0n) is 26.8. The normalized spacial score (nSPS) is 17.2. The molecule has 1 aromatic heterocycles. The molecule has 0 saturated carbocycles. The van der Waals surface area contributed by atoms with Crippen molar-refractivity contribution < 1.29 is 9.53 Å². The van der Waals surface area contributed by atoms with Gasteiger partial charge in [0.15, 0.2) is 0 Å². The number of anilines is 3. The molecule has 0 radical (unpaired) electrons. The summed E-state index contributed by atoms with van der Waals surface area (Å²) in [5, 5.41) is 9.57. The van der Waals surface area contributed by atoms with Crippen LogP contribution in [0.1, 0.15) is 24.5 Å². The Labute approximate surface area is 267 Å². The number of amidine groups is 1. The van der Waals surface area contributed by atoms with Crippen molar-refractivity contribution in [1.29, 1.82) is 0 Å². The maximum atomic E-state index is 12.8. The van der Waals surface area contributed by atoms with Crippen molar-refractivity contribution in [2.24, 2.45) is 4.99 Å². The molecule has 45 heavy (non-hydrogen) atoms. The van der Waals surface area contributed by atoms with Crippen molar-refractivity contribution >= 4 is 29.1 Å². The van der Waals surface area contributed by atoms with E-state index in [-0.39, 0.29) is 12.3 Å². The van der Waals surface area contributed by atoms with Crippen LogP contribution in [0.5, 0.6) is 0 Å². The Bertz CT molecular complexity index is 1350. The number of nitrogens with zero attached hydrogens (tertiary/aromatic N) is 6. The van der Waals surface area contributed by atoms with Crippen molar-refractivity contribution in [3.8, 4) is 0 Å². The SMILES string of the molecule is CCCN(Cc1ccccc1)C(NC(=NC)c1ccc(NC(=O)Nc2ccc(N3CCN(C)CC3)nc2)cc1)N1CCOCC1. The smallest absolute Gasteiger partial charge is 0.323 e. The summed E-state index contributed by atoms with van der Waals surface area (Å²) in [6.45, 7) is 11.0. The predicted octanol–water partition coefficient (Wildman–Crippen LogP) is 3.97. The van der Waals surface area contributed by atoms with Gasteiger partial charge in [0, 0.05) is 70.7 Å². The number of amides is 2. The molecule has 0 bridgehead atoms. The fraction of sp³-hybridized carbons (Fsp3) is 0.441. The number of urea groups is 1. The molecule has 240 valence electrons. The molecule has 2 fully saturated rings. The van der Waals surface area contributed by atoms with Crippen molar-refractivity contribution in [1.82, 2.24) is 25.0 Å². The van der Waals surface area contributed by atoms with Crippen molar-refractivity contribution in [3.05, 3.63) is 84.1 Å². The molecule has 3 N–H and O–H groups in total. The maximum Gasteiger partial charge on any atom is 0.323 e. The van der Waals surface area contributed by atoms with Crippen LogP contribution in [0.15, 0.2) is 77.9 Å². The van der Waals surface area contributed by atoms with E-state index in [1.54, 1.807) is 6.20 Å². The monoisotopic (exact) mass is 613 g/mol. The van der Waals surface area contributed by atoms with Crippen LogP contribution in [0.3, 0.4) is 0 Å².